The molecule has 7 heteroatoms. The molecule has 4 rings (SSSR count). The highest BCUT2D eigenvalue weighted by atomic mass is 16.5. The minimum Gasteiger partial charge on any atom is -0.452 e. The van der Waals surface area contributed by atoms with Crippen LogP contribution in [0.1, 0.15) is 52.6 Å². The van der Waals surface area contributed by atoms with Gasteiger partial charge in [-0.3, -0.25) is 24.5 Å². The lowest BCUT2D eigenvalue weighted by Crippen LogP contribution is -2.34. The van der Waals surface area contributed by atoms with Crippen molar-refractivity contribution < 1.29 is 28.7 Å². The number of hydrogen-bond acceptors (Lipinski definition) is 6. The zero-order chi connectivity index (χ0) is 22.0. The van der Waals surface area contributed by atoms with E-state index in [1.165, 1.54) is 36.4 Å². The Morgan fingerprint density at radius 3 is 2.03 bits per heavy atom. The van der Waals surface area contributed by atoms with Crippen LogP contribution in [-0.4, -0.2) is 36.0 Å². The van der Waals surface area contributed by atoms with Gasteiger partial charge in [0.05, 0.1) is 5.56 Å². The number of rotatable bonds is 4. The molecule has 0 fully saturated rings. The maximum absolute atomic E-state index is 12.9. The SMILES string of the molecule is O=C(COC(=O)c1cccc2c1C(=O)c1ccccc1C2=O)NC(=O)c1ccccc1. The molecule has 0 radical (unpaired) electrons. The first-order valence-corrected chi connectivity index (χ1v) is 9.35. The highest BCUT2D eigenvalue weighted by Crippen LogP contribution is 2.29. The fraction of sp³-hybridized carbons (Fsp3) is 0.0417. The lowest BCUT2D eigenvalue weighted by Gasteiger charge is -2.19. The number of esters is 1. The normalized spacial score (nSPS) is 11.9. The minimum atomic E-state index is -0.945. The van der Waals surface area contributed by atoms with Gasteiger partial charge < -0.3 is 4.74 Å². The van der Waals surface area contributed by atoms with Crippen LogP contribution < -0.4 is 5.32 Å². The monoisotopic (exact) mass is 413 g/mol. The molecule has 0 saturated carbocycles. The molecule has 0 aliphatic heterocycles. The third-order valence-electron chi connectivity index (χ3n) is 4.80. The van der Waals surface area contributed by atoms with Gasteiger partial charge in [0.15, 0.2) is 18.2 Å². The van der Waals surface area contributed by atoms with Crippen molar-refractivity contribution in [2.45, 2.75) is 0 Å². The average Bonchev–Trinajstić information content (AvgIpc) is 2.81. The van der Waals surface area contributed by atoms with Crippen LogP contribution in [0, 0.1) is 0 Å². The Morgan fingerprint density at radius 1 is 0.710 bits per heavy atom. The van der Waals surface area contributed by atoms with Gasteiger partial charge in [0, 0.05) is 27.8 Å². The molecule has 7 nitrogen and oxygen atoms in total. The van der Waals surface area contributed by atoms with Gasteiger partial charge in [-0.2, -0.15) is 0 Å². The fourth-order valence-electron chi connectivity index (χ4n) is 3.35. The molecule has 0 aromatic heterocycles. The van der Waals surface area contributed by atoms with E-state index in [1.807, 2.05) is 0 Å². The topological polar surface area (TPSA) is 107 Å². The molecule has 0 saturated heterocycles. The van der Waals surface area contributed by atoms with E-state index in [2.05, 4.69) is 5.32 Å². The summed E-state index contributed by atoms with van der Waals surface area (Å²) in [4.78, 5) is 62.3. The molecule has 3 aromatic carbocycles. The molecule has 152 valence electrons. The van der Waals surface area contributed by atoms with Crippen molar-refractivity contribution in [1.82, 2.24) is 5.32 Å². The zero-order valence-corrected chi connectivity index (χ0v) is 16.1. The van der Waals surface area contributed by atoms with Gasteiger partial charge in [-0.1, -0.05) is 54.6 Å². The molecule has 0 unspecified atom stereocenters. The van der Waals surface area contributed by atoms with Gasteiger partial charge in [-0.05, 0) is 18.2 Å². The maximum Gasteiger partial charge on any atom is 0.339 e. The largest absolute Gasteiger partial charge is 0.452 e. The summed E-state index contributed by atoms with van der Waals surface area (Å²) >= 11 is 0. The number of fused-ring (bicyclic) bond motifs is 2. The summed E-state index contributed by atoms with van der Waals surface area (Å²) in [7, 11) is 0. The standard InChI is InChI=1S/C24H15NO6/c26-19(25-23(29)14-7-2-1-3-8-14)13-31-24(30)18-12-6-11-17-20(18)22(28)16-10-5-4-9-15(16)21(17)27/h1-12H,13H2,(H,25,26,29). The van der Waals surface area contributed by atoms with E-state index in [9.17, 15) is 24.0 Å². The number of ketones is 2. The van der Waals surface area contributed by atoms with Crippen LogP contribution in [0.2, 0.25) is 0 Å². The second kappa shape index (κ2) is 8.16. The molecule has 0 bridgehead atoms. The van der Waals surface area contributed by atoms with Crippen LogP contribution in [0.15, 0.2) is 72.8 Å². The molecule has 0 atom stereocenters. The fourth-order valence-corrected chi connectivity index (χ4v) is 3.35. The summed E-state index contributed by atoms with van der Waals surface area (Å²) in [5, 5.41) is 2.12. The third-order valence-corrected chi connectivity index (χ3v) is 4.80. The van der Waals surface area contributed by atoms with E-state index >= 15 is 0 Å². The Bertz CT molecular complexity index is 1250. The minimum absolute atomic E-state index is 0.0584. The van der Waals surface area contributed by atoms with Gasteiger partial charge in [-0.15, -0.1) is 0 Å². The molecule has 1 aliphatic carbocycles. The summed E-state index contributed by atoms with van der Waals surface area (Å²) in [5.74, 6) is -3.23. The van der Waals surface area contributed by atoms with E-state index in [0.717, 1.165) is 0 Å². The number of imide groups is 1. The number of nitrogens with one attached hydrogen (secondary N) is 1. The molecule has 3 aromatic rings. The van der Waals surface area contributed by atoms with Crippen molar-refractivity contribution in [3.63, 3.8) is 0 Å². The summed E-state index contributed by atoms with van der Waals surface area (Å²) in [6.45, 7) is -0.722. The molecule has 31 heavy (non-hydrogen) atoms. The molecule has 1 N–H and O–H groups in total. The van der Waals surface area contributed by atoms with Crippen LogP contribution in [0.4, 0.5) is 0 Å². The van der Waals surface area contributed by atoms with Crippen molar-refractivity contribution in [2.24, 2.45) is 0 Å². The Hall–Kier alpha value is -4.39. The Labute approximate surface area is 176 Å². The number of hydrogen-bond donors (Lipinski definition) is 1. The van der Waals surface area contributed by atoms with Gasteiger partial charge in [0.2, 0.25) is 0 Å². The first-order chi connectivity index (χ1) is 15.0. The lowest BCUT2D eigenvalue weighted by atomic mass is 9.82. The van der Waals surface area contributed by atoms with Crippen molar-refractivity contribution in [3.8, 4) is 0 Å². The van der Waals surface area contributed by atoms with Gasteiger partial charge in [-0.25, -0.2) is 4.79 Å². The number of amides is 2. The van der Waals surface area contributed by atoms with Crippen molar-refractivity contribution in [2.75, 3.05) is 6.61 Å². The summed E-state index contributed by atoms with van der Waals surface area (Å²) < 4.78 is 5.00. The number of carbonyl (C=O) groups excluding carboxylic acids is 5. The van der Waals surface area contributed by atoms with E-state index in [0.29, 0.717) is 0 Å². The quantitative estimate of drug-likeness (QED) is 0.516. The van der Waals surface area contributed by atoms with E-state index in [1.54, 1.807) is 36.4 Å². The predicted molar refractivity (Wildman–Crippen MR) is 109 cm³/mol. The van der Waals surface area contributed by atoms with E-state index in [-0.39, 0.29) is 39.2 Å². The molecular weight excluding hydrogens is 398 g/mol. The zero-order valence-electron chi connectivity index (χ0n) is 16.1. The van der Waals surface area contributed by atoms with Gasteiger partial charge in [0.25, 0.3) is 11.8 Å². The average molecular weight is 413 g/mol. The molecule has 1 aliphatic rings. The van der Waals surface area contributed by atoms with Gasteiger partial charge >= 0.3 is 5.97 Å². The Kier molecular flexibility index (Phi) is 5.24. The first-order valence-electron chi connectivity index (χ1n) is 9.35. The number of ether oxygens (including phenoxy) is 1. The number of carbonyl (C=O) groups is 5. The van der Waals surface area contributed by atoms with Gasteiger partial charge in [0.1, 0.15) is 0 Å². The Balaban J connectivity index is 1.50. The smallest absolute Gasteiger partial charge is 0.339 e. The number of benzene rings is 3. The van der Waals surface area contributed by atoms with Crippen molar-refractivity contribution in [1.29, 1.82) is 0 Å². The second-order valence-corrected chi connectivity index (χ2v) is 6.75. The van der Waals surface area contributed by atoms with Crippen LogP contribution in [0.3, 0.4) is 0 Å². The molecule has 0 heterocycles. The lowest BCUT2D eigenvalue weighted by molar-refractivity contribution is -0.123. The van der Waals surface area contributed by atoms with Crippen LogP contribution >= 0.6 is 0 Å². The molecular formula is C24H15NO6. The molecule has 0 spiro atoms. The van der Waals surface area contributed by atoms with Crippen molar-refractivity contribution in [3.05, 3.63) is 106 Å². The summed E-state index contributed by atoms with van der Waals surface area (Å²) in [6, 6.07) is 18.7. The second-order valence-electron chi connectivity index (χ2n) is 6.75. The van der Waals surface area contributed by atoms with Crippen LogP contribution in [0.25, 0.3) is 0 Å². The van der Waals surface area contributed by atoms with E-state index in [4.69, 9.17) is 4.74 Å². The maximum atomic E-state index is 12.9. The Morgan fingerprint density at radius 2 is 1.32 bits per heavy atom. The third kappa shape index (κ3) is 3.76. The highest BCUT2D eigenvalue weighted by Gasteiger charge is 2.33. The van der Waals surface area contributed by atoms with Crippen LogP contribution in [-0.2, 0) is 9.53 Å². The summed E-state index contributed by atoms with van der Waals surface area (Å²) in [6.07, 6.45) is 0. The predicted octanol–water partition coefficient (Wildman–Crippen LogP) is 2.58. The highest BCUT2D eigenvalue weighted by molar-refractivity contribution is 6.30. The van der Waals surface area contributed by atoms with Crippen LogP contribution in [0.5, 0.6) is 0 Å². The summed E-state index contributed by atoms with van der Waals surface area (Å²) in [5.41, 5.74) is 0.671. The van der Waals surface area contributed by atoms with Crippen molar-refractivity contribution >= 4 is 29.4 Å². The van der Waals surface area contributed by atoms with E-state index < -0.39 is 30.2 Å². The molecule has 2 amide bonds. The first kappa shape index (κ1) is 19.9.